The minimum Gasteiger partial charge on any atom is -0.480 e. The molecule has 9 atom stereocenters. The summed E-state index contributed by atoms with van der Waals surface area (Å²) in [7, 11) is 0. The average molecular weight is 886 g/mol. The third-order valence-corrected chi connectivity index (χ3v) is 10.8. The van der Waals surface area contributed by atoms with Crippen LogP contribution in [0.1, 0.15) is 113 Å². The highest BCUT2D eigenvalue weighted by molar-refractivity contribution is 7.98. The lowest BCUT2D eigenvalue weighted by Gasteiger charge is -2.30. The first-order valence-electron chi connectivity index (χ1n) is 21.1. The van der Waals surface area contributed by atoms with Gasteiger partial charge in [-0.2, -0.15) is 11.8 Å². The summed E-state index contributed by atoms with van der Waals surface area (Å²) in [5, 5.41) is 25.9. The van der Waals surface area contributed by atoms with E-state index in [1.807, 2.05) is 40.9 Å². The molecule has 0 heterocycles. The lowest BCUT2D eigenvalue weighted by molar-refractivity contribution is -0.144. The second-order valence-corrected chi connectivity index (χ2v) is 17.4. The van der Waals surface area contributed by atoms with Crippen LogP contribution in [0.4, 0.5) is 0 Å². The highest BCUT2D eigenvalue weighted by Gasteiger charge is 2.36. The minimum absolute atomic E-state index is 0.0209. The van der Waals surface area contributed by atoms with Crippen LogP contribution in [0.5, 0.6) is 0 Å². The molecule has 0 spiro atoms. The van der Waals surface area contributed by atoms with Crippen molar-refractivity contribution in [2.24, 2.45) is 51.6 Å². The Labute approximate surface area is 365 Å². The number of nitrogens with zero attached hydrogens (tertiary/aromatic N) is 1. The van der Waals surface area contributed by atoms with Crippen LogP contribution >= 0.6 is 11.8 Å². The topological polar surface area (TPSA) is 345 Å². The molecule has 61 heavy (non-hydrogen) atoms. The van der Waals surface area contributed by atoms with Gasteiger partial charge in [0.25, 0.3) is 0 Å². The molecule has 20 nitrogen and oxygen atoms in total. The van der Waals surface area contributed by atoms with E-state index in [0.29, 0.717) is 18.6 Å². The number of nitrogens with one attached hydrogen (secondary N) is 6. The molecule has 0 aromatic carbocycles. The van der Waals surface area contributed by atoms with Gasteiger partial charge in [-0.1, -0.05) is 68.2 Å². The van der Waals surface area contributed by atoms with Gasteiger partial charge in [0.1, 0.15) is 36.3 Å². The van der Waals surface area contributed by atoms with Crippen LogP contribution in [0.3, 0.4) is 0 Å². The number of thioether (sulfide) groups is 1. The number of carboxylic acid groups (broad SMARTS) is 1. The van der Waals surface area contributed by atoms with Crippen molar-refractivity contribution in [1.29, 1.82) is 0 Å². The fourth-order valence-corrected chi connectivity index (χ4v) is 6.56. The van der Waals surface area contributed by atoms with E-state index >= 15 is 0 Å². The molecule has 350 valence electrons. The Hall–Kier alpha value is -4.66. The summed E-state index contributed by atoms with van der Waals surface area (Å²) in [6.45, 7) is 14.6. The van der Waals surface area contributed by atoms with Crippen molar-refractivity contribution >= 4 is 65.0 Å². The number of primary amides is 1. The molecule has 15 N–H and O–H groups in total. The molecule has 0 aliphatic rings. The number of aliphatic carboxylic acids is 1. The zero-order valence-electron chi connectivity index (χ0n) is 37.5. The third-order valence-electron chi connectivity index (χ3n) is 10.1. The Kier molecular flexibility index (Phi) is 27.3. The first-order chi connectivity index (χ1) is 28.5. The number of hydrogen-bond donors (Lipinski definition) is 11. The maximum absolute atomic E-state index is 14.1. The number of rotatable bonds is 31. The molecule has 0 rings (SSSR count). The lowest BCUT2D eigenvalue weighted by Crippen LogP contribution is -2.61. The van der Waals surface area contributed by atoms with Crippen molar-refractivity contribution in [2.45, 2.75) is 155 Å². The standard InChI is InChI=1S/C40H75N11O9S/c1-10-23(7)31(50-37(57)29(20-22(5)6)49-36(56)28(19-21(3)4)48-33(53)25(41)14-15-30(42)52)38(58)47-26(13-12-17-45-40(43)44)34(54)46-27(16-18-61-9)35(55)51-32(39(59)60)24(8)11-2/h21-29,31-32H,10-20,41H2,1-9H3,(H2,42,52)(H,46,54)(H,47,58)(H,48,53)(H,49,56)(H,50,57)(H,51,55)(H,59,60)(H4,43,44,45)/t23-,24-,25-,26-,27-,28-,29-,31-,32-/m0/s1. The van der Waals surface area contributed by atoms with Gasteiger partial charge in [0.05, 0.1) is 6.04 Å². The van der Waals surface area contributed by atoms with E-state index in [0.717, 1.165) is 0 Å². The van der Waals surface area contributed by atoms with E-state index in [4.69, 9.17) is 22.9 Å². The molecule has 0 bridgehead atoms. The first-order valence-corrected chi connectivity index (χ1v) is 22.5. The molecule has 0 aromatic heterocycles. The van der Waals surface area contributed by atoms with E-state index in [1.54, 1.807) is 20.8 Å². The number of nitrogens with two attached hydrogens (primary N) is 4. The van der Waals surface area contributed by atoms with Gasteiger partial charge in [0.2, 0.25) is 41.4 Å². The summed E-state index contributed by atoms with van der Waals surface area (Å²) in [6.07, 6.45) is 3.39. The number of carboxylic acids is 1. The monoisotopic (exact) mass is 886 g/mol. The van der Waals surface area contributed by atoms with Crippen molar-refractivity contribution in [3.05, 3.63) is 0 Å². The average Bonchev–Trinajstić information content (AvgIpc) is 3.18. The highest BCUT2D eigenvalue weighted by atomic mass is 32.2. The van der Waals surface area contributed by atoms with Crippen LogP contribution in [0.25, 0.3) is 0 Å². The molecule has 0 aliphatic heterocycles. The normalized spacial score (nSPS) is 15.7. The van der Waals surface area contributed by atoms with Crippen molar-refractivity contribution in [1.82, 2.24) is 31.9 Å². The molecular weight excluding hydrogens is 811 g/mol. The van der Waals surface area contributed by atoms with Gasteiger partial charge in [0.15, 0.2) is 5.96 Å². The van der Waals surface area contributed by atoms with E-state index in [2.05, 4.69) is 36.9 Å². The number of hydrogen-bond acceptors (Lipinski definition) is 11. The van der Waals surface area contributed by atoms with Gasteiger partial charge in [-0.15, -0.1) is 0 Å². The van der Waals surface area contributed by atoms with Crippen LogP contribution < -0.4 is 54.8 Å². The predicted octanol–water partition coefficient (Wildman–Crippen LogP) is -0.436. The fourth-order valence-electron chi connectivity index (χ4n) is 6.09. The quantitative estimate of drug-likeness (QED) is 0.0239. The Morgan fingerprint density at radius 2 is 1.02 bits per heavy atom. The first kappa shape index (κ1) is 56.3. The molecule has 7 amide bonds. The van der Waals surface area contributed by atoms with Crippen LogP contribution in [-0.2, 0) is 38.4 Å². The maximum atomic E-state index is 14.1. The lowest BCUT2D eigenvalue weighted by atomic mass is 9.95. The molecule has 0 fully saturated rings. The summed E-state index contributed by atoms with van der Waals surface area (Å²) in [4.78, 5) is 109. The number of aliphatic imine (C=N–C) groups is 1. The Balaban J connectivity index is 6.56. The number of amides is 7. The van der Waals surface area contributed by atoms with Gasteiger partial charge in [-0.3, -0.25) is 38.6 Å². The second kappa shape index (κ2) is 29.6. The molecule has 0 saturated heterocycles. The summed E-state index contributed by atoms with van der Waals surface area (Å²) < 4.78 is 0. The summed E-state index contributed by atoms with van der Waals surface area (Å²) >= 11 is 1.42. The van der Waals surface area contributed by atoms with Crippen molar-refractivity contribution in [2.75, 3.05) is 18.6 Å². The van der Waals surface area contributed by atoms with Crippen LogP contribution in [0.2, 0.25) is 0 Å². The Morgan fingerprint density at radius 3 is 1.49 bits per heavy atom. The number of carbonyl (C=O) groups excluding carboxylic acids is 7. The van der Waals surface area contributed by atoms with Gasteiger partial charge in [0, 0.05) is 13.0 Å². The van der Waals surface area contributed by atoms with Crippen LogP contribution in [-0.4, -0.2) is 119 Å². The van der Waals surface area contributed by atoms with Crippen LogP contribution in [0, 0.1) is 23.7 Å². The van der Waals surface area contributed by atoms with E-state index in [-0.39, 0.29) is 69.3 Å². The smallest absolute Gasteiger partial charge is 0.326 e. The van der Waals surface area contributed by atoms with Gasteiger partial charge < -0.3 is 59.9 Å². The zero-order valence-corrected chi connectivity index (χ0v) is 38.3. The van der Waals surface area contributed by atoms with Crippen molar-refractivity contribution in [3.8, 4) is 0 Å². The zero-order chi connectivity index (χ0) is 47.0. The summed E-state index contributed by atoms with van der Waals surface area (Å²) in [5.41, 5.74) is 22.1. The number of carbonyl (C=O) groups is 8. The third kappa shape index (κ3) is 22.7. The van der Waals surface area contributed by atoms with Gasteiger partial charge >= 0.3 is 5.97 Å². The largest absolute Gasteiger partial charge is 0.480 e. The van der Waals surface area contributed by atoms with E-state index in [9.17, 15) is 43.5 Å². The highest BCUT2D eigenvalue weighted by Crippen LogP contribution is 2.15. The van der Waals surface area contributed by atoms with E-state index in [1.165, 1.54) is 11.8 Å². The van der Waals surface area contributed by atoms with E-state index < -0.39 is 101 Å². The molecular formula is C40H75N11O9S. The van der Waals surface area contributed by atoms with Gasteiger partial charge in [-0.05, 0) is 74.2 Å². The molecule has 0 unspecified atom stereocenters. The maximum Gasteiger partial charge on any atom is 0.326 e. The van der Waals surface area contributed by atoms with Crippen LogP contribution in [0.15, 0.2) is 4.99 Å². The predicted molar refractivity (Wildman–Crippen MR) is 236 cm³/mol. The molecule has 0 aliphatic carbocycles. The molecule has 21 heteroatoms. The Morgan fingerprint density at radius 1 is 0.590 bits per heavy atom. The Bertz CT molecular complexity index is 1480. The fraction of sp³-hybridized carbons (Fsp3) is 0.775. The van der Waals surface area contributed by atoms with Gasteiger partial charge in [-0.25, -0.2) is 4.79 Å². The molecule has 0 radical (unpaired) electrons. The summed E-state index contributed by atoms with van der Waals surface area (Å²) in [5.74, 6) is -6.67. The SMILES string of the molecule is CC[C@H](C)[C@H](NC(=O)[C@H](CCSC)NC(=O)[C@H](CCCN=C(N)N)NC(=O)[C@@H](NC(=O)[C@H](CC(C)C)NC(=O)[C@H](CC(C)C)NC(=O)[C@@H](N)CCC(N)=O)[C@@H](C)CC)C(=O)O. The molecule has 0 saturated carbocycles. The second-order valence-electron chi connectivity index (χ2n) is 16.4. The summed E-state index contributed by atoms with van der Waals surface area (Å²) in [6, 6.07) is -8.06. The minimum atomic E-state index is -1.24. The number of guanidine groups is 1. The molecule has 0 aromatic rings. The van der Waals surface area contributed by atoms with Crippen molar-refractivity contribution in [3.63, 3.8) is 0 Å². The van der Waals surface area contributed by atoms with Crippen molar-refractivity contribution < 1.29 is 43.5 Å².